The number of hydrogen-bond acceptors (Lipinski definition) is 2. The fourth-order valence-corrected chi connectivity index (χ4v) is 2.52. The van der Waals surface area contributed by atoms with Gasteiger partial charge in [-0.05, 0) is 42.7 Å². The van der Waals surface area contributed by atoms with Gasteiger partial charge in [0.2, 0.25) is 0 Å². The van der Waals surface area contributed by atoms with Crippen LogP contribution in [0, 0.1) is 5.41 Å². The van der Waals surface area contributed by atoms with Crippen LogP contribution in [0.5, 0.6) is 0 Å². The maximum absolute atomic E-state index is 11.8. The van der Waals surface area contributed by atoms with E-state index in [4.69, 9.17) is 0 Å². The van der Waals surface area contributed by atoms with E-state index in [1.54, 1.807) is 6.92 Å². The van der Waals surface area contributed by atoms with Crippen molar-refractivity contribution in [3.05, 3.63) is 35.4 Å². The minimum atomic E-state index is -0.356. The number of amides is 2. The molecule has 1 unspecified atom stereocenters. The summed E-state index contributed by atoms with van der Waals surface area (Å²) in [5.74, 6) is 0. The lowest BCUT2D eigenvalue weighted by Crippen LogP contribution is -2.42. The van der Waals surface area contributed by atoms with Gasteiger partial charge in [0, 0.05) is 13.1 Å². The first kappa shape index (κ1) is 18.5. The molecule has 0 saturated heterocycles. The highest BCUT2D eigenvalue weighted by atomic mass is 16.3. The first-order valence-electron chi connectivity index (χ1n) is 8.10. The third-order valence-corrected chi connectivity index (χ3v) is 3.71. The summed E-state index contributed by atoms with van der Waals surface area (Å²) in [6, 6.07) is 8.35. The Morgan fingerprint density at radius 2 is 1.77 bits per heavy atom. The Hall–Kier alpha value is -1.55. The molecule has 0 heterocycles. The van der Waals surface area contributed by atoms with Gasteiger partial charge in [0.15, 0.2) is 0 Å². The van der Waals surface area contributed by atoms with Crippen LogP contribution in [-0.4, -0.2) is 30.3 Å². The molecule has 0 radical (unpaired) electrons. The van der Waals surface area contributed by atoms with Gasteiger partial charge in [-0.25, -0.2) is 4.79 Å². The molecule has 0 fully saturated rings. The molecule has 1 aromatic rings. The third kappa shape index (κ3) is 7.46. The van der Waals surface area contributed by atoms with Crippen molar-refractivity contribution in [2.24, 2.45) is 5.41 Å². The topological polar surface area (TPSA) is 61.4 Å². The van der Waals surface area contributed by atoms with Crippen LogP contribution in [0.2, 0.25) is 0 Å². The predicted octanol–water partition coefficient (Wildman–Crippen LogP) is 2.89. The Kier molecular flexibility index (Phi) is 7.39. The summed E-state index contributed by atoms with van der Waals surface area (Å²) in [6.07, 6.45) is 2.18. The first-order chi connectivity index (χ1) is 10.3. The number of nitrogens with one attached hydrogen (secondary N) is 2. The van der Waals surface area contributed by atoms with Gasteiger partial charge in [0.1, 0.15) is 0 Å². The Morgan fingerprint density at radius 3 is 2.32 bits per heavy atom. The molecule has 0 bridgehead atoms. The van der Waals surface area contributed by atoms with Crippen molar-refractivity contribution in [2.45, 2.75) is 53.1 Å². The van der Waals surface area contributed by atoms with Crippen LogP contribution in [0.1, 0.15) is 45.2 Å². The number of rotatable bonds is 8. The Balaban J connectivity index is 2.25. The zero-order chi connectivity index (χ0) is 16.6. The van der Waals surface area contributed by atoms with Gasteiger partial charge in [-0.15, -0.1) is 0 Å². The molecule has 4 heteroatoms. The van der Waals surface area contributed by atoms with Crippen molar-refractivity contribution in [1.82, 2.24) is 10.6 Å². The summed E-state index contributed by atoms with van der Waals surface area (Å²) in [5, 5.41) is 15.2. The average Bonchev–Trinajstić information content (AvgIpc) is 2.45. The number of hydrogen-bond donors (Lipinski definition) is 3. The van der Waals surface area contributed by atoms with Crippen LogP contribution in [0.15, 0.2) is 24.3 Å². The smallest absolute Gasteiger partial charge is 0.314 e. The molecule has 0 aromatic heterocycles. The van der Waals surface area contributed by atoms with Crippen LogP contribution >= 0.6 is 0 Å². The van der Waals surface area contributed by atoms with Gasteiger partial charge in [0.05, 0.1) is 6.10 Å². The number of aryl methyl sites for hydroxylation is 1. The number of carbonyl (C=O) groups is 1. The van der Waals surface area contributed by atoms with Gasteiger partial charge in [0.25, 0.3) is 0 Å². The lowest BCUT2D eigenvalue weighted by Gasteiger charge is -2.26. The fourth-order valence-electron chi connectivity index (χ4n) is 2.52. The highest BCUT2D eigenvalue weighted by molar-refractivity contribution is 5.73. The summed E-state index contributed by atoms with van der Waals surface area (Å²) in [6.45, 7) is 9.15. The maximum atomic E-state index is 11.8. The van der Waals surface area contributed by atoms with E-state index < -0.39 is 0 Å². The average molecular weight is 306 g/mol. The first-order valence-corrected chi connectivity index (χ1v) is 8.10. The third-order valence-electron chi connectivity index (χ3n) is 3.71. The molecular formula is C18H30N2O2. The van der Waals surface area contributed by atoms with Crippen molar-refractivity contribution in [3.63, 3.8) is 0 Å². The quantitative estimate of drug-likeness (QED) is 0.691. The van der Waals surface area contributed by atoms with E-state index in [1.165, 1.54) is 11.1 Å². The second-order valence-corrected chi connectivity index (χ2v) is 6.75. The number of aliphatic hydroxyl groups excluding tert-OH is 1. The van der Waals surface area contributed by atoms with Gasteiger partial charge < -0.3 is 15.7 Å². The molecule has 1 aromatic carbocycles. The summed E-state index contributed by atoms with van der Waals surface area (Å²) in [4.78, 5) is 11.8. The number of carbonyl (C=O) groups excluding carboxylic acids is 1. The van der Waals surface area contributed by atoms with Crippen LogP contribution in [-0.2, 0) is 12.8 Å². The lowest BCUT2D eigenvalue weighted by molar-refractivity contribution is 0.129. The molecule has 3 N–H and O–H groups in total. The second kappa shape index (κ2) is 8.79. The molecule has 22 heavy (non-hydrogen) atoms. The van der Waals surface area contributed by atoms with Crippen molar-refractivity contribution < 1.29 is 9.90 Å². The molecule has 0 aliphatic heterocycles. The Morgan fingerprint density at radius 1 is 1.18 bits per heavy atom. The normalized spacial score (nSPS) is 12.8. The van der Waals surface area contributed by atoms with Crippen LogP contribution in [0.3, 0.4) is 0 Å². The van der Waals surface area contributed by atoms with Crippen LogP contribution < -0.4 is 10.6 Å². The van der Waals surface area contributed by atoms with Crippen LogP contribution in [0.25, 0.3) is 0 Å². The highest BCUT2D eigenvalue weighted by Crippen LogP contribution is 2.20. The predicted molar refractivity (Wildman–Crippen MR) is 91.0 cm³/mol. The molecule has 124 valence electrons. The van der Waals surface area contributed by atoms with E-state index >= 15 is 0 Å². The second-order valence-electron chi connectivity index (χ2n) is 6.75. The standard InChI is InChI=1S/C18H30N2O2/c1-5-15-6-8-16(9-7-15)10-11-19-17(22)20-13-18(3,4)12-14(2)21/h6-9,14,21H,5,10-13H2,1-4H3,(H2,19,20,22). The minimum absolute atomic E-state index is 0.110. The molecule has 1 rings (SSSR count). The zero-order valence-corrected chi connectivity index (χ0v) is 14.3. The van der Waals surface area contributed by atoms with Crippen molar-refractivity contribution in [2.75, 3.05) is 13.1 Å². The van der Waals surface area contributed by atoms with Gasteiger partial charge in [-0.1, -0.05) is 45.0 Å². The molecule has 0 aliphatic rings. The summed E-state index contributed by atoms with van der Waals surface area (Å²) in [5.41, 5.74) is 2.45. The maximum Gasteiger partial charge on any atom is 0.314 e. The van der Waals surface area contributed by atoms with E-state index in [0.29, 0.717) is 19.5 Å². The van der Waals surface area contributed by atoms with E-state index in [0.717, 1.165) is 12.8 Å². The molecular weight excluding hydrogens is 276 g/mol. The van der Waals surface area contributed by atoms with Crippen molar-refractivity contribution >= 4 is 6.03 Å². The number of aliphatic hydroxyl groups is 1. The lowest BCUT2D eigenvalue weighted by atomic mass is 9.87. The molecule has 0 aliphatic carbocycles. The van der Waals surface area contributed by atoms with E-state index in [9.17, 15) is 9.90 Å². The van der Waals surface area contributed by atoms with E-state index in [-0.39, 0.29) is 17.6 Å². The Labute approximate surface area is 134 Å². The van der Waals surface area contributed by atoms with Gasteiger partial charge in [-0.3, -0.25) is 0 Å². The highest BCUT2D eigenvalue weighted by Gasteiger charge is 2.20. The summed E-state index contributed by atoms with van der Waals surface area (Å²) in [7, 11) is 0. The number of benzene rings is 1. The van der Waals surface area contributed by atoms with Crippen molar-refractivity contribution in [1.29, 1.82) is 0 Å². The molecule has 4 nitrogen and oxygen atoms in total. The molecule has 0 spiro atoms. The van der Waals surface area contributed by atoms with E-state index in [1.807, 2.05) is 13.8 Å². The zero-order valence-electron chi connectivity index (χ0n) is 14.3. The fraction of sp³-hybridized carbons (Fsp3) is 0.611. The van der Waals surface area contributed by atoms with Crippen LogP contribution in [0.4, 0.5) is 4.79 Å². The molecule has 1 atom stereocenters. The monoisotopic (exact) mass is 306 g/mol. The molecule has 0 saturated carbocycles. The summed E-state index contributed by atoms with van der Waals surface area (Å²) < 4.78 is 0. The Bertz CT molecular complexity index is 453. The summed E-state index contributed by atoms with van der Waals surface area (Å²) >= 11 is 0. The minimum Gasteiger partial charge on any atom is -0.393 e. The largest absolute Gasteiger partial charge is 0.393 e. The van der Waals surface area contributed by atoms with E-state index in [2.05, 4.69) is 41.8 Å². The van der Waals surface area contributed by atoms with Gasteiger partial charge in [-0.2, -0.15) is 0 Å². The van der Waals surface area contributed by atoms with Gasteiger partial charge >= 0.3 is 6.03 Å². The number of urea groups is 1. The molecule has 2 amide bonds. The SMILES string of the molecule is CCc1ccc(CCNC(=O)NCC(C)(C)CC(C)O)cc1. The van der Waals surface area contributed by atoms with Crippen molar-refractivity contribution in [3.8, 4) is 0 Å².